The van der Waals surface area contributed by atoms with E-state index in [0.717, 1.165) is 11.1 Å². The second-order valence-corrected chi connectivity index (χ2v) is 4.67. The third kappa shape index (κ3) is 6.58. The zero-order valence-electron chi connectivity index (χ0n) is 12.5. The number of ether oxygens (including phenoxy) is 1. The Labute approximate surface area is 134 Å². The van der Waals surface area contributed by atoms with Crippen LogP contribution in [0.15, 0.2) is 54.9 Å². The molecule has 2 amide bonds. The number of hydrazine groups is 1. The number of pyridine rings is 1. The maximum absolute atomic E-state index is 11.6. The summed E-state index contributed by atoms with van der Waals surface area (Å²) in [6.45, 7) is 0.457. The number of alkyl carbamates (subject to hydrolysis) is 1. The molecule has 0 aliphatic rings. The fourth-order valence-corrected chi connectivity index (χ4v) is 1.72. The first-order valence-electron chi connectivity index (χ1n) is 7.09. The van der Waals surface area contributed by atoms with Gasteiger partial charge in [0.15, 0.2) is 0 Å². The van der Waals surface area contributed by atoms with E-state index in [-0.39, 0.29) is 19.1 Å². The van der Waals surface area contributed by atoms with Crippen molar-refractivity contribution in [3.63, 3.8) is 0 Å². The Hall–Kier alpha value is -2.93. The van der Waals surface area contributed by atoms with Gasteiger partial charge in [-0.25, -0.2) is 10.2 Å². The molecule has 1 heterocycles. The number of nitrogens with zero attached hydrogens (tertiary/aromatic N) is 1. The Morgan fingerprint density at radius 2 is 1.74 bits per heavy atom. The lowest BCUT2D eigenvalue weighted by Gasteiger charge is -2.09. The van der Waals surface area contributed by atoms with Crippen LogP contribution in [0.25, 0.3) is 0 Å². The highest BCUT2D eigenvalue weighted by Gasteiger charge is 2.06. The van der Waals surface area contributed by atoms with Gasteiger partial charge in [-0.15, -0.1) is 0 Å². The van der Waals surface area contributed by atoms with Crippen molar-refractivity contribution < 1.29 is 14.3 Å². The van der Waals surface area contributed by atoms with Gasteiger partial charge < -0.3 is 10.1 Å². The van der Waals surface area contributed by atoms with Crippen molar-refractivity contribution in [2.75, 3.05) is 6.54 Å². The van der Waals surface area contributed by atoms with Crippen LogP contribution < -0.4 is 16.2 Å². The first-order valence-corrected chi connectivity index (χ1v) is 7.09. The molecule has 0 bridgehead atoms. The van der Waals surface area contributed by atoms with Crippen LogP contribution in [0.3, 0.4) is 0 Å². The number of hydrogen-bond acceptors (Lipinski definition) is 5. The van der Waals surface area contributed by atoms with Gasteiger partial charge in [-0.05, 0) is 23.3 Å². The zero-order valence-corrected chi connectivity index (χ0v) is 12.5. The number of rotatable bonds is 7. The van der Waals surface area contributed by atoms with Gasteiger partial charge in [-0.2, -0.15) is 0 Å². The Balaban J connectivity index is 1.57. The fraction of sp³-hybridized carbons (Fsp3) is 0.188. The molecular weight excluding hydrogens is 296 g/mol. The minimum atomic E-state index is -0.641. The molecule has 7 heteroatoms. The Bertz CT molecular complexity index is 620. The van der Waals surface area contributed by atoms with Crippen LogP contribution >= 0.6 is 0 Å². The number of amides is 2. The highest BCUT2D eigenvalue weighted by Crippen LogP contribution is 2.00. The molecule has 0 radical (unpaired) electrons. The average molecular weight is 314 g/mol. The molecule has 7 nitrogen and oxygen atoms in total. The second kappa shape index (κ2) is 9.16. The van der Waals surface area contributed by atoms with Crippen LogP contribution in [-0.2, 0) is 22.7 Å². The Morgan fingerprint density at radius 1 is 1.00 bits per heavy atom. The molecular formula is C16H18N4O3. The number of carbonyl (C=O) groups is 2. The van der Waals surface area contributed by atoms with E-state index in [9.17, 15) is 9.59 Å². The van der Waals surface area contributed by atoms with Crippen molar-refractivity contribution in [3.8, 4) is 0 Å². The molecule has 0 saturated carbocycles. The highest BCUT2D eigenvalue weighted by atomic mass is 16.5. The van der Waals surface area contributed by atoms with Crippen molar-refractivity contribution in [1.29, 1.82) is 0 Å². The summed E-state index contributed by atoms with van der Waals surface area (Å²) in [5, 5.41) is 2.38. The van der Waals surface area contributed by atoms with Gasteiger partial charge >= 0.3 is 6.09 Å². The van der Waals surface area contributed by atoms with Gasteiger partial charge in [0.2, 0.25) is 0 Å². The van der Waals surface area contributed by atoms with Crippen LogP contribution in [-0.4, -0.2) is 23.5 Å². The summed E-state index contributed by atoms with van der Waals surface area (Å²) in [6.07, 6.45) is 2.70. The molecule has 2 aromatic rings. The van der Waals surface area contributed by atoms with Crippen molar-refractivity contribution in [3.05, 3.63) is 66.0 Å². The Morgan fingerprint density at radius 3 is 2.48 bits per heavy atom. The topological polar surface area (TPSA) is 92.4 Å². The minimum absolute atomic E-state index is 0.161. The first-order chi connectivity index (χ1) is 11.2. The predicted molar refractivity (Wildman–Crippen MR) is 83.8 cm³/mol. The van der Waals surface area contributed by atoms with Gasteiger partial charge in [-0.1, -0.05) is 30.3 Å². The first kappa shape index (κ1) is 16.4. The lowest BCUT2D eigenvalue weighted by molar-refractivity contribution is -0.121. The standard InChI is InChI=1S/C16H18N4O3/c21-15(20-19-10-13-6-8-17-9-7-13)11-18-16(22)23-12-14-4-2-1-3-5-14/h1-9,19H,10-12H2,(H,18,22)(H,20,21). The van der Waals surface area contributed by atoms with Crippen LogP contribution in [0.1, 0.15) is 11.1 Å². The van der Waals surface area contributed by atoms with E-state index >= 15 is 0 Å². The number of nitrogens with one attached hydrogen (secondary N) is 3. The largest absolute Gasteiger partial charge is 0.445 e. The molecule has 0 aliphatic carbocycles. The summed E-state index contributed by atoms with van der Waals surface area (Å²) in [4.78, 5) is 26.9. The van der Waals surface area contributed by atoms with E-state index in [1.54, 1.807) is 12.4 Å². The van der Waals surface area contributed by atoms with Crippen LogP contribution in [0, 0.1) is 0 Å². The summed E-state index contributed by atoms with van der Waals surface area (Å²) < 4.78 is 4.99. The van der Waals surface area contributed by atoms with Crippen molar-refractivity contribution in [2.45, 2.75) is 13.2 Å². The molecule has 0 aliphatic heterocycles. The predicted octanol–water partition coefficient (Wildman–Crippen LogP) is 1.13. The quantitative estimate of drug-likeness (QED) is 0.666. The van der Waals surface area contributed by atoms with E-state index in [2.05, 4.69) is 21.2 Å². The summed E-state index contributed by atoms with van der Waals surface area (Å²) in [7, 11) is 0. The summed E-state index contributed by atoms with van der Waals surface area (Å²) in [6, 6.07) is 13.0. The molecule has 120 valence electrons. The van der Waals surface area contributed by atoms with Gasteiger partial charge in [0, 0.05) is 18.9 Å². The van der Waals surface area contributed by atoms with Crippen molar-refractivity contribution >= 4 is 12.0 Å². The molecule has 1 aromatic carbocycles. The minimum Gasteiger partial charge on any atom is -0.445 e. The summed E-state index contributed by atoms with van der Waals surface area (Å²) in [5.74, 6) is -0.365. The van der Waals surface area contributed by atoms with Gasteiger partial charge in [0.05, 0.1) is 0 Å². The third-order valence-corrected chi connectivity index (χ3v) is 2.88. The van der Waals surface area contributed by atoms with Crippen molar-refractivity contribution in [2.24, 2.45) is 0 Å². The van der Waals surface area contributed by atoms with Crippen LogP contribution in [0.2, 0.25) is 0 Å². The monoisotopic (exact) mass is 314 g/mol. The van der Waals surface area contributed by atoms with E-state index in [1.165, 1.54) is 0 Å². The highest BCUT2D eigenvalue weighted by molar-refractivity contribution is 5.81. The number of aromatic nitrogens is 1. The smallest absolute Gasteiger partial charge is 0.407 e. The third-order valence-electron chi connectivity index (χ3n) is 2.88. The normalized spacial score (nSPS) is 9.91. The molecule has 2 rings (SSSR count). The molecule has 3 N–H and O–H groups in total. The molecule has 0 unspecified atom stereocenters. The van der Waals surface area contributed by atoms with E-state index < -0.39 is 6.09 Å². The van der Waals surface area contributed by atoms with Crippen molar-refractivity contribution in [1.82, 2.24) is 21.2 Å². The number of benzene rings is 1. The molecule has 1 aromatic heterocycles. The lowest BCUT2D eigenvalue weighted by atomic mass is 10.2. The molecule has 0 atom stereocenters. The van der Waals surface area contributed by atoms with Gasteiger partial charge in [0.1, 0.15) is 13.2 Å². The zero-order chi connectivity index (χ0) is 16.3. The van der Waals surface area contributed by atoms with E-state index in [4.69, 9.17) is 4.74 Å². The summed E-state index contributed by atoms with van der Waals surface area (Å²) >= 11 is 0. The number of hydrogen-bond donors (Lipinski definition) is 3. The molecule has 0 saturated heterocycles. The maximum Gasteiger partial charge on any atom is 0.407 e. The maximum atomic E-state index is 11.6. The fourth-order valence-electron chi connectivity index (χ4n) is 1.72. The lowest BCUT2D eigenvalue weighted by Crippen LogP contribution is -2.43. The Kier molecular flexibility index (Phi) is 6.55. The second-order valence-electron chi connectivity index (χ2n) is 4.67. The molecule has 0 spiro atoms. The van der Waals surface area contributed by atoms with Crippen LogP contribution in [0.5, 0.6) is 0 Å². The van der Waals surface area contributed by atoms with E-state index in [1.807, 2.05) is 42.5 Å². The number of carbonyl (C=O) groups excluding carboxylic acids is 2. The van der Waals surface area contributed by atoms with Gasteiger partial charge in [0.25, 0.3) is 5.91 Å². The van der Waals surface area contributed by atoms with E-state index in [0.29, 0.717) is 6.54 Å². The average Bonchev–Trinajstić information content (AvgIpc) is 2.60. The molecule has 0 fully saturated rings. The van der Waals surface area contributed by atoms with Crippen LogP contribution in [0.4, 0.5) is 4.79 Å². The molecule has 23 heavy (non-hydrogen) atoms. The summed E-state index contributed by atoms with van der Waals surface area (Å²) in [5.41, 5.74) is 7.11. The van der Waals surface area contributed by atoms with Gasteiger partial charge in [-0.3, -0.25) is 15.2 Å². The SMILES string of the molecule is O=C(CNC(=O)OCc1ccccc1)NNCc1ccncc1.